The van der Waals surface area contributed by atoms with Crippen LogP contribution in [0.25, 0.3) is 0 Å². The van der Waals surface area contributed by atoms with Gasteiger partial charge in [0.1, 0.15) is 11.6 Å². The fourth-order valence-corrected chi connectivity index (χ4v) is 2.48. The molecular weight excluding hydrogens is 331 g/mol. The Labute approximate surface area is 142 Å². The largest absolute Gasteiger partial charge is 0.448 e. The molecule has 2 N–H and O–H groups in total. The number of rotatable bonds is 3. The lowest BCUT2D eigenvalue weighted by molar-refractivity contribution is 0.0843. The van der Waals surface area contributed by atoms with Gasteiger partial charge in [-0.1, -0.05) is 0 Å². The van der Waals surface area contributed by atoms with Gasteiger partial charge in [-0.05, 0) is 25.1 Å². The molecule has 1 aromatic carbocycles. The van der Waals surface area contributed by atoms with Gasteiger partial charge in [-0.15, -0.1) is 0 Å². The average molecular weight is 348 g/mol. The molecule has 1 aromatic heterocycles. The number of hydrogen-bond acceptors (Lipinski definition) is 6. The summed E-state index contributed by atoms with van der Waals surface area (Å²) in [5.74, 6) is -1.46. The third-order valence-electron chi connectivity index (χ3n) is 3.77. The van der Waals surface area contributed by atoms with Gasteiger partial charge in [0.2, 0.25) is 0 Å². The Morgan fingerprint density at radius 2 is 1.88 bits per heavy atom. The van der Waals surface area contributed by atoms with Gasteiger partial charge >= 0.3 is 0 Å². The smallest absolute Gasteiger partial charge is 0.291 e. The molecule has 2 heterocycles. The molecule has 2 aromatic rings. The van der Waals surface area contributed by atoms with Gasteiger partial charge in [0.25, 0.3) is 11.8 Å². The van der Waals surface area contributed by atoms with Crippen LogP contribution in [0.5, 0.6) is 0 Å². The van der Waals surface area contributed by atoms with Crippen LogP contribution < -0.4 is 15.8 Å². The van der Waals surface area contributed by atoms with Crippen molar-refractivity contribution in [1.82, 2.24) is 15.8 Å². The number of carbonyl (C=O) groups excluding carboxylic acids is 2. The zero-order chi connectivity index (χ0) is 17.8. The van der Waals surface area contributed by atoms with E-state index < -0.39 is 17.6 Å². The first-order valence-corrected chi connectivity index (χ1v) is 7.68. The van der Waals surface area contributed by atoms with Crippen LogP contribution in [0.2, 0.25) is 0 Å². The fraction of sp³-hybridized carbons (Fsp3) is 0.312. The van der Waals surface area contributed by atoms with E-state index in [0.29, 0.717) is 37.8 Å². The maximum Gasteiger partial charge on any atom is 0.291 e. The van der Waals surface area contributed by atoms with E-state index in [-0.39, 0.29) is 11.3 Å². The average Bonchev–Trinajstić information content (AvgIpc) is 3.05. The van der Waals surface area contributed by atoms with Crippen LogP contribution in [0.1, 0.15) is 26.6 Å². The molecule has 132 valence electrons. The minimum atomic E-state index is -0.636. The first-order valence-electron chi connectivity index (χ1n) is 7.68. The SMILES string of the molecule is Cc1ocnc1C(=O)NNC(=O)c1cc(F)cc(N2CCOCC2)c1. The number of nitrogens with zero attached hydrogens (tertiary/aromatic N) is 2. The summed E-state index contributed by atoms with van der Waals surface area (Å²) in [5, 5.41) is 0. The minimum absolute atomic E-state index is 0.0635. The van der Waals surface area contributed by atoms with Crippen molar-refractivity contribution in [2.75, 3.05) is 31.2 Å². The van der Waals surface area contributed by atoms with E-state index >= 15 is 0 Å². The lowest BCUT2D eigenvalue weighted by Gasteiger charge is -2.29. The van der Waals surface area contributed by atoms with E-state index in [2.05, 4.69) is 15.8 Å². The number of nitrogens with one attached hydrogen (secondary N) is 2. The first kappa shape index (κ1) is 16.9. The van der Waals surface area contributed by atoms with Crippen molar-refractivity contribution in [3.05, 3.63) is 47.4 Å². The van der Waals surface area contributed by atoms with E-state index in [1.54, 1.807) is 13.0 Å². The molecule has 1 saturated heterocycles. The number of anilines is 1. The normalized spacial score (nSPS) is 14.2. The van der Waals surface area contributed by atoms with E-state index in [1.165, 1.54) is 6.07 Å². The molecule has 3 rings (SSSR count). The number of benzene rings is 1. The summed E-state index contributed by atoms with van der Waals surface area (Å²) in [6, 6.07) is 4.03. The molecule has 0 bridgehead atoms. The summed E-state index contributed by atoms with van der Waals surface area (Å²) < 4.78 is 24.1. The number of aryl methyl sites for hydroxylation is 1. The number of aromatic nitrogens is 1. The third kappa shape index (κ3) is 3.94. The topological polar surface area (TPSA) is 96.7 Å². The molecule has 1 aliphatic rings. The van der Waals surface area contributed by atoms with Crippen molar-refractivity contribution in [2.24, 2.45) is 0 Å². The molecular formula is C16H17FN4O4. The summed E-state index contributed by atoms with van der Waals surface area (Å²) in [7, 11) is 0. The summed E-state index contributed by atoms with van der Waals surface area (Å²) in [6.07, 6.45) is 1.13. The van der Waals surface area contributed by atoms with Crippen LogP contribution >= 0.6 is 0 Å². The van der Waals surface area contributed by atoms with Crippen molar-refractivity contribution < 1.29 is 23.1 Å². The number of halogens is 1. The predicted octanol–water partition coefficient (Wildman–Crippen LogP) is 1.03. The van der Waals surface area contributed by atoms with Gasteiger partial charge in [-0.2, -0.15) is 0 Å². The Morgan fingerprint density at radius 1 is 1.16 bits per heavy atom. The predicted molar refractivity (Wildman–Crippen MR) is 85.6 cm³/mol. The zero-order valence-corrected chi connectivity index (χ0v) is 13.5. The number of hydrogen-bond donors (Lipinski definition) is 2. The number of ether oxygens (including phenoxy) is 1. The summed E-state index contributed by atoms with van der Waals surface area (Å²) >= 11 is 0. The third-order valence-corrected chi connectivity index (χ3v) is 3.77. The Bertz CT molecular complexity index is 786. The Morgan fingerprint density at radius 3 is 2.56 bits per heavy atom. The van der Waals surface area contributed by atoms with Crippen molar-refractivity contribution >= 4 is 17.5 Å². The molecule has 0 aliphatic carbocycles. The highest BCUT2D eigenvalue weighted by molar-refractivity contribution is 5.99. The zero-order valence-electron chi connectivity index (χ0n) is 13.5. The summed E-state index contributed by atoms with van der Waals surface area (Å²) in [5.41, 5.74) is 5.22. The van der Waals surface area contributed by atoms with Gasteiger partial charge in [0, 0.05) is 24.3 Å². The lowest BCUT2D eigenvalue weighted by Crippen LogP contribution is -2.42. The van der Waals surface area contributed by atoms with E-state index in [1.807, 2.05) is 4.90 Å². The molecule has 1 aliphatic heterocycles. The van der Waals surface area contributed by atoms with Gasteiger partial charge < -0.3 is 14.1 Å². The molecule has 9 heteroatoms. The van der Waals surface area contributed by atoms with Crippen molar-refractivity contribution in [3.63, 3.8) is 0 Å². The molecule has 0 saturated carbocycles. The van der Waals surface area contributed by atoms with Crippen LogP contribution in [0.4, 0.5) is 10.1 Å². The Kier molecular flexibility index (Phi) is 4.94. The van der Waals surface area contributed by atoms with Gasteiger partial charge in [0.05, 0.1) is 13.2 Å². The number of amides is 2. The van der Waals surface area contributed by atoms with E-state index in [0.717, 1.165) is 12.5 Å². The van der Waals surface area contributed by atoms with Gasteiger partial charge in [-0.3, -0.25) is 20.4 Å². The first-order chi connectivity index (χ1) is 12.0. The van der Waals surface area contributed by atoms with Gasteiger partial charge in [-0.25, -0.2) is 9.37 Å². The lowest BCUT2D eigenvalue weighted by atomic mass is 10.1. The van der Waals surface area contributed by atoms with E-state index in [9.17, 15) is 14.0 Å². The molecule has 0 unspecified atom stereocenters. The molecule has 8 nitrogen and oxygen atoms in total. The molecule has 1 fully saturated rings. The monoisotopic (exact) mass is 348 g/mol. The number of hydrazine groups is 1. The standard InChI is InChI=1S/C16H17FN4O4/c1-10-14(18-9-25-10)16(23)20-19-15(22)11-6-12(17)8-13(7-11)21-2-4-24-5-3-21/h6-9H,2-5H2,1H3,(H,19,22)(H,20,23). The fourth-order valence-electron chi connectivity index (χ4n) is 2.48. The highest BCUT2D eigenvalue weighted by atomic mass is 19.1. The molecule has 25 heavy (non-hydrogen) atoms. The van der Waals surface area contributed by atoms with Crippen LogP contribution in [0.15, 0.2) is 29.0 Å². The number of oxazole rings is 1. The van der Waals surface area contributed by atoms with E-state index in [4.69, 9.17) is 9.15 Å². The van der Waals surface area contributed by atoms with Crippen LogP contribution in [-0.2, 0) is 4.74 Å². The molecule has 0 radical (unpaired) electrons. The second-order valence-corrected chi connectivity index (χ2v) is 5.46. The van der Waals surface area contributed by atoms with Crippen molar-refractivity contribution in [1.29, 1.82) is 0 Å². The van der Waals surface area contributed by atoms with Gasteiger partial charge in [0.15, 0.2) is 12.1 Å². The molecule has 0 atom stereocenters. The maximum atomic E-state index is 13.9. The number of morpholine rings is 1. The minimum Gasteiger partial charge on any atom is -0.448 e. The maximum absolute atomic E-state index is 13.9. The highest BCUT2D eigenvalue weighted by Gasteiger charge is 2.17. The number of carbonyl (C=O) groups is 2. The summed E-state index contributed by atoms with van der Waals surface area (Å²) in [6.45, 7) is 3.90. The van der Waals surface area contributed by atoms with Crippen LogP contribution in [0.3, 0.4) is 0 Å². The molecule has 2 amide bonds. The molecule has 0 spiro atoms. The highest BCUT2D eigenvalue weighted by Crippen LogP contribution is 2.20. The summed E-state index contributed by atoms with van der Waals surface area (Å²) in [4.78, 5) is 29.8. The second-order valence-electron chi connectivity index (χ2n) is 5.46. The van der Waals surface area contributed by atoms with Crippen LogP contribution in [0, 0.1) is 12.7 Å². The van der Waals surface area contributed by atoms with Crippen molar-refractivity contribution in [2.45, 2.75) is 6.92 Å². The quantitative estimate of drug-likeness (QED) is 0.805. The Hall–Kier alpha value is -2.94. The van der Waals surface area contributed by atoms with Crippen molar-refractivity contribution in [3.8, 4) is 0 Å². The second kappa shape index (κ2) is 7.31. The Balaban J connectivity index is 1.68. The van der Waals surface area contributed by atoms with Crippen LogP contribution in [-0.4, -0.2) is 43.1 Å².